The van der Waals surface area contributed by atoms with Crippen LogP contribution in [0.2, 0.25) is 0 Å². The lowest BCUT2D eigenvalue weighted by Crippen LogP contribution is -2.65. The number of nitrogens with zero attached hydrogens (tertiary/aromatic N) is 3. The number of morpholine rings is 1. The van der Waals surface area contributed by atoms with Crippen LogP contribution in [0.1, 0.15) is 50.5 Å². The van der Waals surface area contributed by atoms with Crippen molar-refractivity contribution in [3.05, 3.63) is 29.8 Å². The minimum absolute atomic E-state index is 0.0377. The fourth-order valence-electron chi connectivity index (χ4n) is 7.00. The highest BCUT2D eigenvalue weighted by Gasteiger charge is 2.51. The van der Waals surface area contributed by atoms with Gasteiger partial charge in [0.25, 0.3) is 0 Å². The fourth-order valence-corrected chi connectivity index (χ4v) is 8.98. The van der Waals surface area contributed by atoms with Crippen LogP contribution in [0.5, 0.6) is 0 Å². The molecule has 0 saturated carbocycles. The van der Waals surface area contributed by atoms with Gasteiger partial charge in [-0.1, -0.05) is 18.2 Å². The van der Waals surface area contributed by atoms with Crippen molar-refractivity contribution in [1.29, 1.82) is 0 Å². The molecular weight excluding hydrogens is 450 g/mol. The normalized spacial score (nSPS) is 30.7. The van der Waals surface area contributed by atoms with Crippen molar-refractivity contribution in [3.63, 3.8) is 0 Å². The first-order valence-electron chi connectivity index (χ1n) is 13.1. The van der Waals surface area contributed by atoms with E-state index in [2.05, 4.69) is 4.90 Å². The number of hydrogen-bond donors (Lipinski definition) is 0. The van der Waals surface area contributed by atoms with E-state index in [1.54, 1.807) is 6.07 Å². The standard InChI is InChI=1S/C26H39N3O4S/c1-20-7-2-3-11-24(20)34(31,32)29-19-21-8-5-13-28-14-6-9-22(26(21)28)23(29)10-4-12-25(30)27-15-17-33-18-16-27/h2-3,7,11,21-23,26H,4-6,8-10,12-19H2,1H3/t21-,22+,23+,26-/m0/s1. The molecule has 0 unspecified atom stereocenters. The van der Waals surface area contributed by atoms with Crippen molar-refractivity contribution in [1.82, 2.24) is 14.1 Å². The predicted molar refractivity (Wildman–Crippen MR) is 131 cm³/mol. The van der Waals surface area contributed by atoms with E-state index in [1.807, 2.05) is 34.3 Å². The predicted octanol–water partition coefficient (Wildman–Crippen LogP) is 2.89. The smallest absolute Gasteiger partial charge is 0.243 e. The summed E-state index contributed by atoms with van der Waals surface area (Å²) in [6.07, 6.45) is 6.45. The number of amides is 1. The van der Waals surface area contributed by atoms with Crippen LogP contribution in [0.3, 0.4) is 0 Å². The van der Waals surface area contributed by atoms with E-state index in [4.69, 9.17) is 4.74 Å². The molecular formula is C26H39N3O4S. The molecule has 0 radical (unpaired) electrons. The molecule has 4 atom stereocenters. The molecule has 1 aromatic rings. The van der Waals surface area contributed by atoms with Crippen LogP contribution in [0.15, 0.2) is 29.2 Å². The van der Waals surface area contributed by atoms with Crippen LogP contribution in [0, 0.1) is 18.8 Å². The molecule has 0 bridgehead atoms. The summed E-state index contributed by atoms with van der Waals surface area (Å²) in [5.74, 6) is 0.933. The van der Waals surface area contributed by atoms with Crippen molar-refractivity contribution in [3.8, 4) is 0 Å². The van der Waals surface area contributed by atoms with Crippen LogP contribution in [0.4, 0.5) is 0 Å². The third kappa shape index (κ3) is 4.66. The maximum absolute atomic E-state index is 14.0. The van der Waals surface area contributed by atoms with Gasteiger partial charge in [0.2, 0.25) is 15.9 Å². The number of carbonyl (C=O) groups excluding carboxylic acids is 1. The number of benzene rings is 1. The Morgan fingerprint density at radius 3 is 2.56 bits per heavy atom. The molecule has 188 valence electrons. The Bertz CT molecular complexity index is 976. The van der Waals surface area contributed by atoms with Crippen LogP contribution in [0.25, 0.3) is 0 Å². The van der Waals surface area contributed by atoms with Gasteiger partial charge < -0.3 is 9.64 Å². The summed E-state index contributed by atoms with van der Waals surface area (Å²) in [4.78, 5) is 17.7. The van der Waals surface area contributed by atoms with E-state index in [-0.39, 0.29) is 11.9 Å². The molecule has 4 fully saturated rings. The summed E-state index contributed by atoms with van der Waals surface area (Å²) in [5, 5.41) is 0. The SMILES string of the molecule is Cc1ccccc1S(=O)(=O)N1C[C@@H]2CCCN3CCC[C@@H]([C@H]23)[C@H]1CCCC(=O)N1CCOCC1. The van der Waals surface area contributed by atoms with Gasteiger partial charge in [-0.2, -0.15) is 4.31 Å². The summed E-state index contributed by atoms with van der Waals surface area (Å²) in [6, 6.07) is 7.82. The molecule has 4 aliphatic rings. The molecule has 5 rings (SSSR count). The largest absolute Gasteiger partial charge is 0.378 e. The van der Waals surface area contributed by atoms with Gasteiger partial charge in [-0.3, -0.25) is 9.69 Å². The third-order valence-corrected chi connectivity index (χ3v) is 10.6. The van der Waals surface area contributed by atoms with Gasteiger partial charge in [-0.15, -0.1) is 0 Å². The lowest BCUT2D eigenvalue weighted by Gasteiger charge is -2.57. The summed E-state index contributed by atoms with van der Waals surface area (Å²) < 4.78 is 35.3. The van der Waals surface area contributed by atoms with E-state index in [9.17, 15) is 13.2 Å². The summed E-state index contributed by atoms with van der Waals surface area (Å²) in [5.41, 5.74) is 0.805. The highest BCUT2D eigenvalue weighted by atomic mass is 32.2. The highest BCUT2D eigenvalue weighted by molar-refractivity contribution is 7.89. The van der Waals surface area contributed by atoms with E-state index in [0.29, 0.717) is 62.0 Å². The fraction of sp³-hybridized carbons (Fsp3) is 0.731. The Morgan fingerprint density at radius 2 is 1.79 bits per heavy atom. The summed E-state index contributed by atoms with van der Waals surface area (Å²) >= 11 is 0. The molecule has 1 aromatic carbocycles. The van der Waals surface area contributed by atoms with Crippen molar-refractivity contribution < 1.29 is 17.9 Å². The molecule has 4 aliphatic heterocycles. The average Bonchev–Trinajstić information content (AvgIpc) is 2.86. The maximum Gasteiger partial charge on any atom is 0.243 e. The molecule has 8 heteroatoms. The minimum atomic E-state index is -3.60. The molecule has 34 heavy (non-hydrogen) atoms. The average molecular weight is 490 g/mol. The number of rotatable bonds is 6. The van der Waals surface area contributed by atoms with Gasteiger partial charge >= 0.3 is 0 Å². The van der Waals surface area contributed by atoms with Crippen molar-refractivity contribution in [2.45, 2.75) is 68.8 Å². The molecule has 7 nitrogen and oxygen atoms in total. The van der Waals surface area contributed by atoms with Crippen LogP contribution < -0.4 is 0 Å². The lowest BCUT2D eigenvalue weighted by molar-refractivity contribution is -0.135. The Balaban J connectivity index is 1.39. The van der Waals surface area contributed by atoms with Crippen LogP contribution in [-0.2, 0) is 19.6 Å². The number of aryl methyl sites for hydroxylation is 1. The summed E-state index contributed by atoms with van der Waals surface area (Å²) in [6.45, 7) is 7.33. The molecule has 0 N–H and O–H groups in total. The second kappa shape index (κ2) is 10.2. The number of sulfonamides is 1. The third-order valence-electron chi connectivity index (χ3n) is 8.56. The van der Waals surface area contributed by atoms with Gasteiger partial charge in [0.15, 0.2) is 0 Å². The van der Waals surface area contributed by atoms with Gasteiger partial charge in [0.1, 0.15) is 0 Å². The van der Waals surface area contributed by atoms with Crippen LogP contribution in [-0.4, -0.2) is 86.5 Å². The zero-order valence-electron chi connectivity index (χ0n) is 20.4. The second-order valence-electron chi connectivity index (χ2n) is 10.5. The van der Waals surface area contributed by atoms with Crippen molar-refractivity contribution in [2.75, 3.05) is 45.9 Å². The molecule has 4 saturated heterocycles. The number of hydrogen-bond acceptors (Lipinski definition) is 5. The molecule has 0 aromatic heterocycles. The number of carbonyl (C=O) groups is 1. The van der Waals surface area contributed by atoms with E-state index < -0.39 is 10.0 Å². The molecule has 0 spiro atoms. The highest BCUT2D eigenvalue weighted by Crippen LogP contribution is 2.45. The van der Waals surface area contributed by atoms with Crippen LogP contribution >= 0.6 is 0 Å². The zero-order valence-corrected chi connectivity index (χ0v) is 21.2. The Hall–Kier alpha value is -1.48. The maximum atomic E-state index is 14.0. The van der Waals surface area contributed by atoms with Crippen molar-refractivity contribution >= 4 is 15.9 Å². The minimum Gasteiger partial charge on any atom is -0.378 e. The van der Waals surface area contributed by atoms with E-state index >= 15 is 0 Å². The summed E-state index contributed by atoms with van der Waals surface area (Å²) in [7, 11) is -3.60. The van der Waals surface area contributed by atoms with Gasteiger partial charge in [0.05, 0.1) is 18.1 Å². The quantitative estimate of drug-likeness (QED) is 0.615. The van der Waals surface area contributed by atoms with Gasteiger partial charge in [-0.05, 0) is 82.0 Å². The number of piperidine rings is 3. The molecule has 0 aliphatic carbocycles. The van der Waals surface area contributed by atoms with Gasteiger partial charge in [-0.25, -0.2) is 8.42 Å². The number of ether oxygens (including phenoxy) is 1. The molecule has 4 heterocycles. The molecule has 1 amide bonds. The Morgan fingerprint density at radius 1 is 1.06 bits per heavy atom. The zero-order chi connectivity index (χ0) is 23.7. The second-order valence-corrected chi connectivity index (χ2v) is 12.4. The Kier molecular flexibility index (Phi) is 7.30. The topological polar surface area (TPSA) is 70.2 Å². The first kappa shape index (κ1) is 24.2. The first-order valence-corrected chi connectivity index (χ1v) is 14.6. The van der Waals surface area contributed by atoms with Gasteiger partial charge in [0, 0.05) is 38.1 Å². The van der Waals surface area contributed by atoms with E-state index in [0.717, 1.165) is 57.2 Å². The Labute approximate surface area is 204 Å². The lowest BCUT2D eigenvalue weighted by atomic mass is 9.70. The monoisotopic (exact) mass is 489 g/mol. The van der Waals surface area contributed by atoms with Crippen molar-refractivity contribution in [2.24, 2.45) is 11.8 Å². The first-order chi connectivity index (χ1) is 16.5. The van der Waals surface area contributed by atoms with E-state index in [1.165, 1.54) is 0 Å².